The molecule has 2 aromatic carbocycles. The molecule has 0 saturated heterocycles. The summed E-state index contributed by atoms with van der Waals surface area (Å²) in [7, 11) is -10.4. The molecule has 0 aliphatic carbocycles. The Labute approximate surface area is 140 Å². The molecule has 0 atom stereocenters. The molecule has 0 nitrogen and oxygen atoms in total. The van der Waals surface area contributed by atoms with Crippen LogP contribution in [0, 0.1) is 0 Å². The summed E-state index contributed by atoms with van der Waals surface area (Å²) in [5.74, 6) is 1.27. The molecule has 136 valence electrons. The van der Waals surface area contributed by atoms with Gasteiger partial charge in [-0.3, -0.25) is 0 Å². The summed E-state index contributed by atoms with van der Waals surface area (Å²) in [6, 6.07) is 21.8. The van der Waals surface area contributed by atoms with Crippen LogP contribution in [0.25, 0.3) is 0 Å². The molecule has 0 aliphatic heterocycles. The number of unbranched alkanes of at least 4 members (excludes halogenated alkanes) is 1. The molecule has 2 aromatic rings. The van der Waals surface area contributed by atoms with Gasteiger partial charge in [0.05, 0.1) is 10.9 Å². The van der Waals surface area contributed by atoms with Crippen LogP contribution in [0.15, 0.2) is 70.5 Å². The van der Waals surface area contributed by atoms with Gasteiger partial charge in [-0.15, -0.1) is 0 Å². The van der Waals surface area contributed by atoms with Crippen LogP contribution in [0.5, 0.6) is 0 Å². The van der Waals surface area contributed by atoms with Gasteiger partial charge in [0.15, 0.2) is 9.79 Å². The van der Waals surface area contributed by atoms with Crippen LogP contribution in [0.3, 0.4) is 0 Å². The minimum atomic E-state index is -10.7. The normalized spacial score (nSPS) is 14.3. The third-order valence-electron chi connectivity index (χ3n) is 2.76. The molecule has 0 aromatic heterocycles. The van der Waals surface area contributed by atoms with Crippen molar-refractivity contribution in [1.29, 1.82) is 0 Å². The molecule has 0 bridgehead atoms. The van der Waals surface area contributed by atoms with E-state index in [2.05, 4.69) is 67.6 Å². The first kappa shape index (κ1) is 20.8. The van der Waals surface area contributed by atoms with Crippen LogP contribution in [0.4, 0.5) is 25.2 Å². The van der Waals surface area contributed by atoms with Crippen LogP contribution in [0.2, 0.25) is 0 Å². The third kappa shape index (κ3) is 11.4. The Kier molecular flexibility index (Phi) is 6.39. The second kappa shape index (κ2) is 7.36. The number of benzene rings is 2. The van der Waals surface area contributed by atoms with Gasteiger partial charge in [0.1, 0.15) is 5.75 Å². The standard InChI is InChI=1S/C16H19S.F6P/c1-2-3-14-17(15-10-6-4-7-11-15)16-12-8-5-9-13-16;1-7(2,3,4,5)6/h4-13H,2-3,14H2,1H3;/q+1;-1. The van der Waals surface area contributed by atoms with Gasteiger partial charge in [-0.1, -0.05) is 49.7 Å². The van der Waals surface area contributed by atoms with E-state index < -0.39 is 7.81 Å². The molecule has 0 spiro atoms. The van der Waals surface area contributed by atoms with E-state index in [0.717, 1.165) is 0 Å². The van der Waals surface area contributed by atoms with E-state index in [1.165, 1.54) is 28.4 Å². The molecule has 0 unspecified atom stereocenters. The summed E-state index contributed by atoms with van der Waals surface area (Å²) in [6.07, 6.45) is 2.57. The zero-order valence-electron chi connectivity index (χ0n) is 13.0. The maximum absolute atomic E-state index is 10.7. The second-order valence-corrected chi connectivity index (χ2v) is 9.08. The molecule has 24 heavy (non-hydrogen) atoms. The summed E-state index contributed by atoms with van der Waals surface area (Å²) < 4.78 is 59.2. The molecule has 0 fully saturated rings. The van der Waals surface area contributed by atoms with Crippen LogP contribution in [0.1, 0.15) is 19.8 Å². The first-order valence-electron chi connectivity index (χ1n) is 7.24. The minimum absolute atomic E-state index is 0.249. The number of rotatable bonds is 5. The predicted octanol–water partition coefficient (Wildman–Crippen LogP) is 7.91. The number of halogens is 6. The van der Waals surface area contributed by atoms with Crippen molar-refractivity contribution in [1.82, 2.24) is 0 Å². The summed E-state index contributed by atoms with van der Waals surface area (Å²) in [4.78, 5) is 2.93. The summed E-state index contributed by atoms with van der Waals surface area (Å²) >= 11 is 0. The zero-order valence-corrected chi connectivity index (χ0v) is 14.7. The van der Waals surface area contributed by atoms with Crippen molar-refractivity contribution >= 4 is 18.7 Å². The van der Waals surface area contributed by atoms with E-state index in [1.807, 2.05) is 0 Å². The average Bonchev–Trinajstić information content (AvgIpc) is 2.47. The maximum atomic E-state index is 9.87. The predicted molar refractivity (Wildman–Crippen MR) is 90.1 cm³/mol. The van der Waals surface area contributed by atoms with Crippen molar-refractivity contribution in [2.24, 2.45) is 0 Å². The van der Waals surface area contributed by atoms with Crippen molar-refractivity contribution in [2.45, 2.75) is 29.6 Å². The van der Waals surface area contributed by atoms with Gasteiger partial charge in [0.25, 0.3) is 0 Å². The Morgan fingerprint density at radius 2 is 1.04 bits per heavy atom. The Hall–Kier alpha value is -1.20. The van der Waals surface area contributed by atoms with E-state index in [0.29, 0.717) is 0 Å². The number of hydrogen-bond acceptors (Lipinski definition) is 0. The van der Waals surface area contributed by atoms with Crippen LogP contribution in [-0.2, 0) is 10.9 Å². The average molecular weight is 388 g/mol. The number of hydrogen-bond donors (Lipinski definition) is 0. The molecular weight excluding hydrogens is 369 g/mol. The monoisotopic (exact) mass is 388 g/mol. The summed E-state index contributed by atoms with van der Waals surface area (Å²) in [5.41, 5.74) is 0. The van der Waals surface area contributed by atoms with Crippen molar-refractivity contribution in [3.63, 3.8) is 0 Å². The first-order chi connectivity index (χ1) is 10.9. The van der Waals surface area contributed by atoms with Gasteiger partial charge in [-0.05, 0) is 30.7 Å². The van der Waals surface area contributed by atoms with Crippen LogP contribution >= 0.6 is 7.81 Å². The molecular formula is C16H19F6PS. The Balaban J connectivity index is 0.000000351. The van der Waals surface area contributed by atoms with Gasteiger partial charge in [0, 0.05) is 0 Å². The van der Waals surface area contributed by atoms with E-state index in [4.69, 9.17) is 0 Å². The van der Waals surface area contributed by atoms with Crippen molar-refractivity contribution in [3.8, 4) is 0 Å². The Bertz CT molecular complexity index is 562. The van der Waals surface area contributed by atoms with Gasteiger partial charge in [0.2, 0.25) is 0 Å². The molecule has 0 N–H and O–H groups in total. The van der Waals surface area contributed by atoms with Gasteiger partial charge >= 0.3 is 33.0 Å². The zero-order chi connectivity index (χ0) is 18.3. The van der Waals surface area contributed by atoms with E-state index in [1.54, 1.807) is 0 Å². The molecule has 8 heteroatoms. The van der Waals surface area contributed by atoms with E-state index in [-0.39, 0.29) is 10.9 Å². The van der Waals surface area contributed by atoms with Gasteiger partial charge in [-0.2, -0.15) is 0 Å². The van der Waals surface area contributed by atoms with Crippen LogP contribution < -0.4 is 0 Å². The fourth-order valence-corrected chi connectivity index (χ4v) is 4.12. The first-order valence-corrected chi connectivity index (χ1v) is 10.7. The fourth-order valence-electron chi connectivity index (χ4n) is 1.83. The fraction of sp³-hybridized carbons (Fsp3) is 0.250. The second-order valence-electron chi connectivity index (χ2n) is 5.03. The molecule has 0 radical (unpaired) electrons. The van der Waals surface area contributed by atoms with Crippen LogP contribution in [-0.4, -0.2) is 5.75 Å². The topological polar surface area (TPSA) is 0 Å². The summed E-state index contributed by atoms with van der Waals surface area (Å²) in [5, 5.41) is 0. The molecule has 2 rings (SSSR count). The molecule has 0 amide bonds. The molecule has 0 saturated carbocycles. The van der Waals surface area contributed by atoms with Gasteiger partial charge < -0.3 is 0 Å². The van der Waals surface area contributed by atoms with Crippen molar-refractivity contribution in [3.05, 3.63) is 60.7 Å². The third-order valence-corrected chi connectivity index (χ3v) is 5.14. The van der Waals surface area contributed by atoms with Gasteiger partial charge in [-0.25, -0.2) is 0 Å². The molecule has 0 heterocycles. The summed E-state index contributed by atoms with van der Waals surface area (Å²) in [6.45, 7) is 2.26. The molecule has 0 aliphatic rings. The van der Waals surface area contributed by atoms with Crippen molar-refractivity contribution < 1.29 is 25.2 Å². The van der Waals surface area contributed by atoms with E-state index >= 15 is 0 Å². The van der Waals surface area contributed by atoms with E-state index in [9.17, 15) is 25.2 Å². The van der Waals surface area contributed by atoms with Crippen molar-refractivity contribution in [2.75, 3.05) is 5.75 Å². The Morgan fingerprint density at radius 1 is 0.708 bits per heavy atom. The SMILES string of the molecule is CCCC[S+](c1ccccc1)c1ccccc1.F[P-](F)(F)(F)(F)F. The Morgan fingerprint density at radius 3 is 1.33 bits per heavy atom. The quantitative estimate of drug-likeness (QED) is 0.277.